The molecule has 0 amide bonds. The van der Waals surface area contributed by atoms with E-state index >= 15 is 0 Å². The Hall–Kier alpha value is -3.81. The fourth-order valence-electron chi connectivity index (χ4n) is 3.94. The zero-order valence-electron chi connectivity index (χ0n) is 18.1. The first-order chi connectivity index (χ1) is 16.6. The number of rotatable bonds is 5. The SMILES string of the molecule is N#Cc1cc(-c2ccnc(Nc3ccc(-n4cnc(Br)n4)cc3)n2)ccc1N1CCC(O)CC1. The lowest BCUT2D eigenvalue weighted by Crippen LogP contribution is -2.36. The summed E-state index contributed by atoms with van der Waals surface area (Å²) in [5, 5.41) is 27.0. The summed E-state index contributed by atoms with van der Waals surface area (Å²) in [4.78, 5) is 15.2. The minimum Gasteiger partial charge on any atom is -0.393 e. The Bertz CT molecular complexity index is 1340. The van der Waals surface area contributed by atoms with Crippen molar-refractivity contribution >= 4 is 33.3 Å². The number of nitrogens with zero attached hydrogens (tertiary/aromatic N) is 7. The van der Waals surface area contributed by atoms with Crippen LogP contribution in [0, 0.1) is 11.3 Å². The average Bonchev–Trinajstić information content (AvgIpc) is 3.31. The fraction of sp³-hybridized carbons (Fsp3) is 0.208. The Balaban J connectivity index is 1.34. The Morgan fingerprint density at radius 2 is 1.85 bits per heavy atom. The molecule has 0 spiro atoms. The maximum atomic E-state index is 9.77. The molecule has 34 heavy (non-hydrogen) atoms. The molecule has 0 radical (unpaired) electrons. The van der Waals surface area contributed by atoms with Gasteiger partial charge in [0.1, 0.15) is 12.4 Å². The normalized spacial score (nSPS) is 14.1. The molecule has 1 aliphatic heterocycles. The topological polar surface area (TPSA) is 116 Å². The molecule has 1 fully saturated rings. The fourth-order valence-corrected chi connectivity index (χ4v) is 4.20. The van der Waals surface area contributed by atoms with Gasteiger partial charge in [0.25, 0.3) is 0 Å². The van der Waals surface area contributed by atoms with E-state index in [1.165, 1.54) is 0 Å². The van der Waals surface area contributed by atoms with Gasteiger partial charge >= 0.3 is 0 Å². The summed E-state index contributed by atoms with van der Waals surface area (Å²) < 4.78 is 2.20. The van der Waals surface area contributed by atoms with Crippen LogP contribution in [0.4, 0.5) is 17.3 Å². The van der Waals surface area contributed by atoms with Crippen molar-refractivity contribution in [1.29, 1.82) is 5.26 Å². The molecule has 0 bridgehead atoms. The molecular formula is C24H21BrN8O. The van der Waals surface area contributed by atoms with Crippen LogP contribution in [0.5, 0.6) is 0 Å². The summed E-state index contributed by atoms with van der Waals surface area (Å²) in [6.45, 7) is 1.48. The lowest BCUT2D eigenvalue weighted by atomic mass is 10.0. The van der Waals surface area contributed by atoms with E-state index in [4.69, 9.17) is 0 Å². The molecule has 3 heterocycles. The van der Waals surface area contributed by atoms with Gasteiger partial charge in [-0.05, 0) is 71.2 Å². The van der Waals surface area contributed by atoms with Crippen LogP contribution in [-0.2, 0) is 0 Å². The zero-order chi connectivity index (χ0) is 23.5. The van der Waals surface area contributed by atoms with E-state index in [0.717, 1.165) is 41.4 Å². The van der Waals surface area contributed by atoms with Crippen LogP contribution < -0.4 is 10.2 Å². The largest absolute Gasteiger partial charge is 0.393 e. The van der Waals surface area contributed by atoms with Crippen molar-refractivity contribution in [3.05, 3.63) is 71.4 Å². The van der Waals surface area contributed by atoms with E-state index < -0.39 is 0 Å². The van der Waals surface area contributed by atoms with Crippen LogP contribution in [0.3, 0.4) is 0 Å². The second-order valence-electron chi connectivity index (χ2n) is 7.96. The van der Waals surface area contributed by atoms with Crippen molar-refractivity contribution in [1.82, 2.24) is 24.7 Å². The van der Waals surface area contributed by atoms with Crippen LogP contribution >= 0.6 is 15.9 Å². The molecule has 0 saturated carbocycles. The minimum absolute atomic E-state index is 0.256. The third kappa shape index (κ3) is 4.76. The number of anilines is 3. The van der Waals surface area contributed by atoms with Crippen LogP contribution in [0.1, 0.15) is 18.4 Å². The molecule has 170 valence electrons. The standard InChI is InChI=1S/C24H21BrN8O/c25-23-28-15-33(31-23)19-4-2-18(3-5-19)29-24-27-10-7-21(30-24)16-1-6-22(17(13-16)14-26)32-11-8-20(34)9-12-32/h1-7,10,13,15,20,34H,8-9,11-12H2,(H,27,29,30). The molecule has 4 aromatic rings. The first-order valence-electron chi connectivity index (χ1n) is 10.8. The van der Waals surface area contributed by atoms with Crippen LogP contribution in [-0.4, -0.2) is 49.0 Å². The highest BCUT2D eigenvalue weighted by Crippen LogP contribution is 2.29. The molecule has 5 rings (SSSR count). The van der Waals surface area contributed by atoms with Crippen molar-refractivity contribution in [3.63, 3.8) is 0 Å². The van der Waals surface area contributed by atoms with Gasteiger partial charge in [0.15, 0.2) is 0 Å². The quantitative estimate of drug-likeness (QED) is 0.407. The van der Waals surface area contributed by atoms with Gasteiger partial charge in [-0.15, -0.1) is 5.10 Å². The number of hydrogen-bond acceptors (Lipinski definition) is 8. The number of benzene rings is 2. The molecule has 1 aliphatic rings. The number of aliphatic hydroxyl groups is 1. The highest BCUT2D eigenvalue weighted by molar-refractivity contribution is 9.10. The average molecular weight is 517 g/mol. The molecule has 0 unspecified atom stereocenters. The van der Waals surface area contributed by atoms with Gasteiger partial charge in [-0.2, -0.15) is 5.26 Å². The Kier molecular flexibility index (Phi) is 6.20. The second kappa shape index (κ2) is 9.59. The predicted octanol–water partition coefficient (Wildman–Crippen LogP) is 4.06. The maximum absolute atomic E-state index is 9.77. The number of piperidine rings is 1. The van der Waals surface area contributed by atoms with Crippen molar-refractivity contribution < 1.29 is 5.11 Å². The summed E-state index contributed by atoms with van der Waals surface area (Å²) in [7, 11) is 0. The summed E-state index contributed by atoms with van der Waals surface area (Å²) in [6, 6.07) is 17.6. The van der Waals surface area contributed by atoms with E-state index in [9.17, 15) is 10.4 Å². The van der Waals surface area contributed by atoms with E-state index in [2.05, 4.69) is 52.3 Å². The molecule has 2 aromatic carbocycles. The maximum Gasteiger partial charge on any atom is 0.227 e. The smallest absolute Gasteiger partial charge is 0.227 e. The summed E-state index contributed by atoms with van der Waals surface area (Å²) >= 11 is 3.25. The second-order valence-corrected chi connectivity index (χ2v) is 8.67. The third-order valence-electron chi connectivity index (χ3n) is 5.73. The molecule has 0 atom stereocenters. The Morgan fingerprint density at radius 1 is 1.06 bits per heavy atom. The molecule has 2 aromatic heterocycles. The van der Waals surface area contributed by atoms with Gasteiger partial charge in [0, 0.05) is 30.5 Å². The van der Waals surface area contributed by atoms with Gasteiger partial charge in [-0.1, -0.05) is 6.07 Å². The highest BCUT2D eigenvalue weighted by Gasteiger charge is 2.20. The van der Waals surface area contributed by atoms with Gasteiger partial charge in [0.2, 0.25) is 10.7 Å². The number of nitriles is 1. The molecular weight excluding hydrogens is 496 g/mol. The summed E-state index contributed by atoms with van der Waals surface area (Å²) in [6.07, 6.45) is 4.50. The third-order valence-corrected chi connectivity index (χ3v) is 6.09. The van der Waals surface area contributed by atoms with Gasteiger partial charge in [-0.25, -0.2) is 19.6 Å². The van der Waals surface area contributed by atoms with Crippen molar-refractivity contribution in [2.45, 2.75) is 18.9 Å². The number of aromatic nitrogens is 5. The molecule has 2 N–H and O–H groups in total. The van der Waals surface area contributed by atoms with Crippen molar-refractivity contribution in [3.8, 4) is 23.0 Å². The van der Waals surface area contributed by atoms with Gasteiger partial charge in [0.05, 0.1) is 28.7 Å². The first-order valence-corrected chi connectivity index (χ1v) is 11.6. The van der Waals surface area contributed by atoms with Gasteiger partial charge < -0.3 is 15.3 Å². The summed E-state index contributed by atoms with van der Waals surface area (Å²) in [5.74, 6) is 0.460. The predicted molar refractivity (Wildman–Crippen MR) is 132 cm³/mol. The van der Waals surface area contributed by atoms with E-state index in [0.29, 0.717) is 29.1 Å². The lowest BCUT2D eigenvalue weighted by Gasteiger charge is -2.32. The van der Waals surface area contributed by atoms with E-state index in [1.807, 2.05) is 48.5 Å². The van der Waals surface area contributed by atoms with E-state index in [1.54, 1.807) is 17.2 Å². The van der Waals surface area contributed by atoms with Crippen molar-refractivity contribution in [2.24, 2.45) is 0 Å². The molecule has 0 aliphatic carbocycles. The molecule has 1 saturated heterocycles. The molecule has 9 nitrogen and oxygen atoms in total. The van der Waals surface area contributed by atoms with Crippen LogP contribution in [0.2, 0.25) is 0 Å². The van der Waals surface area contributed by atoms with Gasteiger partial charge in [-0.3, -0.25) is 0 Å². The Labute approximate surface area is 204 Å². The van der Waals surface area contributed by atoms with Crippen molar-refractivity contribution in [2.75, 3.05) is 23.3 Å². The van der Waals surface area contributed by atoms with Crippen LogP contribution in [0.25, 0.3) is 16.9 Å². The molecule has 10 heteroatoms. The summed E-state index contributed by atoms with van der Waals surface area (Å²) in [5.41, 5.74) is 4.77. The monoisotopic (exact) mass is 516 g/mol. The van der Waals surface area contributed by atoms with E-state index in [-0.39, 0.29) is 6.10 Å². The number of halogens is 1. The Morgan fingerprint density at radius 3 is 2.56 bits per heavy atom. The number of nitrogens with one attached hydrogen (secondary N) is 1. The minimum atomic E-state index is -0.256. The zero-order valence-corrected chi connectivity index (χ0v) is 19.7. The van der Waals surface area contributed by atoms with Crippen LogP contribution in [0.15, 0.2) is 65.8 Å². The number of aliphatic hydroxyl groups excluding tert-OH is 1. The number of hydrogen-bond donors (Lipinski definition) is 2. The lowest BCUT2D eigenvalue weighted by molar-refractivity contribution is 0.145. The highest BCUT2D eigenvalue weighted by atomic mass is 79.9. The first kappa shape index (κ1) is 22.0.